The van der Waals surface area contributed by atoms with Crippen molar-refractivity contribution in [2.75, 3.05) is 7.11 Å². The van der Waals surface area contributed by atoms with E-state index in [0.29, 0.717) is 12.8 Å². The second-order valence-electron chi connectivity index (χ2n) is 6.61. The Morgan fingerprint density at radius 1 is 1.12 bits per heavy atom. The Bertz CT molecular complexity index is 635. The van der Waals surface area contributed by atoms with Crippen LogP contribution in [0.5, 0.6) is 0 Å². The molecule has 6 heteroatoms. The van der Waals surface area contributed by atoms with Gasteiger partial charge in [-0.05, 0) is 18.4 Å². The van der Waals surface area contributed by atoms with Crippen LogP contribution in [0.2, 0.25) is 0 Å². The molecule has 0 spiro atoms. The lowest BCUT2D eigenvalue weighted by Crippen LogP contribution is -2.50. The summed E-state index contributed by atoms with van der Waals surface area (Å²) in [6.07, 6.45) is -1.81. The van der Waals surface area contributed by atoms with Gasteiger partial charge in [-0.25, -0.2) is 0 Å². The summed E-state index contributed by atoms with van der Waals surface area (Å²) in [6, 6.07) is 6.84. The minimum absolute atomic E-state index is 0.0855. The second-order valence-corrected chi connectivity index (χ2v) is 6.61. The first kappa shape index (κ1) is 22.1. The standard InChI is InChI=1S/C20H25F3O3/c1-14(2)17(24)12-10-15(3)11-13-18(25)19(26-4,20(21,22)23)16-8-6-5-7-9-16/h5-9,11,13-15H,10,12H2,1-4H3/b13-11+/t15-,19?/m0/s1. The summed E-state index contributed by atoms with van der Waals surface area (Å²) in [5.74, 6) is -1.40. The third-order valence-electron chi connectivity index (χ3n) is 4.30. The van der Waals surface area contributed by atoms with Gasteiger partial charge >= 0.3 is 6.18 Å². The third kappa shape index (κ3) is 5.04. The van der Waals surface area contributed by atoms with Crippen molar-refractivity contribution in [2.24, 2.45) is 11.8 Å². The largest absolute Gasteiger partial charge is 0.429 e. The van der Waals surface area contributed by atoms with Gasteiger partial charge in [-0.2, -0.15) is 13.2 Å². The van der Waals surface area contributed by atoms with E-state index >= 15 is 0 Å². The van der Waals surface area contributed by atoms with E-state index in [1.807, 2.05) is 0 Å². The molecule has 3 nitrogen and oxygen atoms in total. The van der Waals surface area contributed by atoms with Gasteiger partial charge in [-0.1, -0.05) is 57.2 Å². The van der Waals surface area contributed by atoms with Gasteiger partial charge < -0.3 is 4.74 Å². The summed E-state index contributed by atoms with van der Waals surface area (Å²) in [6.45, 7) is 5.34. The molecule has 0 bridgehead atoms. The molecular weight excluding hydrogens is 345 g/mol. The van der Waals surface area contributed by atoms with Crippen molar-refractivity contribution in [1.82, 2.24) is 0 Å². The van der Waals surface area contributed by atoms with Crippen LogP contribution < -0.4 is 0 Å². The van der Waals surface area contributed by atoms with Crippen molar-refractivity contribution < 1.29 is 27.5 Å². The summed E-state index contributed by atoms with van der Waals surface area (Å²) < 4.78 is 46.0. The number of hydrogen-bond acceptors (Lipinski definition) is 3. The van der Waals surface area contributed by atoms with E-state index in [1.54, 1.807) is 26.8 Å². The summed E-state index contributed by atoms with van der Waals surface area (Å²) in [4.78, 5) is 24.1. The van der Waals surface area contributed by atoms with Gasteiger partial charge in [0.25, 0.3) is 5.60 Å². The van der Waals surface area contributed by atoms with Crippen LogP contribution >= 0.6 is 0 Å². The molecule has 0 amide bonds. The van der Waals surface area contributed by atoms with Gasteiger partial charge in [0.2, 0.25) is 5.78 Å². The molecule has 0 aliphatic carbocycles. The Kier molecular flexibility index (Phi) is 7.75. The zero-order valence-corrected chi connectivity index (χ0v) is 15.5. The van der Waals surface area contributed by atoms with Gasteiger partial charge in [0.15, 0.2) is 0 Å². The van der Waals surface area contributed by atoms with Crippen LogP contribution in [0, 0.1) is 11.8 Å². The summed E-state index contributed by atoms with van der Waals surface area (Å²) in [7, 11) is 0.872. The molecule has 0 aliphatic rings. The highest BCUT2D eigenvalue weighted by Gasteiger charge is 2.61. The molecule has 1 aromatic rings. The highest BCUT2D eigenvalue weighted by Crippen LogP contribution is 2.43. The van der Waals surface area contributed by atoms with Crippen molar-refractivity contribution in [3.63, 3.8) is 0 Å². The fourth-order valence-corrected chi connectivity index (χ4v) is 2.58. The zero-order valence-electron chi connectivity index (χ0n) is 15.5. The molecular formula is C20H25F3O3. The van der Waals surface area contributed by atoms with Crippen LogP contribution in [0.25, 0.3) is 0 Å². The molecule has 144 valence electrons. The van der Waals surface area contributed by atoms with Crippen LogP contribution in [-0.2, 0) is 19.9 Å². The smallest absolute Gasteiger partial charge is 0.358 e. The second kappa shape index (κ2) is 9.12. The number of benzene rings is 1. The molecule has 0 aromatic heterocycles. The fourth-order valence-electron chi connectivity index (χ4n) is 2.58. The predicted molar refractivity (Wildman–Crippen MR) is 93.6 cm³/mol. The van der Waals surface area contributed by atoms with Gasteiger partial charge in [-0.15, -0.1) is 0 Å². The number of ketones is 2. The first-order valence-electron chi connectivity index (χ1n) is 8.49. The van der Waals surface area contributed by atoms with E-state index in [-0.39, 0.29) is 23.2 Å². The Morgan fingerprint density at radius 2 is 1.69 bits per heavy atom. The van der Waals surface area contributed by atoms with Gasteiger partial charge in [-0.3, -0.25) is 9.59 Å². The fraction of sp³-hybridized carbons (Fsp3) is 0.500. The van der Waals surface area contributed by atoms with Gasteiger partial charge in [0, 0.05) is 25.0 Å². The Balaban J connectivity index is 3.02. The van der Waals surface area contributed by atoms with Crippen molar-refractivity contribution in [1.29, 1.82) is 0 Å². The highest BCUT2D eigenvalue weighted by atomic mass is 19.4. The van der Waals surface area contributed by atoms with E-state index in [4.69, 9.17) is 4.74 Å². The molecule has 0 saturated heterocycles. The number of allylic oxidation sites excluding steroid dienone is 1. The number of halogens is 3. The molecule has 0 N–H and O–H groups in total. The molecule has 0 radical (unpaired) electrons. The number of carbonyl (C=O) groups is 2. The molecule has 1 unspecified atom stereocenters. The molecule has 26 heavy (non-hydrogen) atoms. The van der Waals surface area contributed by atoms with Crippen LogP contribution in [0.15, 0.2) is 42.5 Å². The number of rotatable bonds is 9. The normalized spacial score (nSPS) is 15.8. The molecule has 0 heterocycles. The predicted octanol–water partition coefficient (Wildman–Crippen LogP) is 4.86. The lowest BCUT2D eigenvalue weighted by Gasteiger charge is -2.32. The monoisotopic (exact) mass is 370 g/mol. The maximum absolute atomic E-state index is 13.8. The number of methoxy groups -OCH3 is 1. The summed E-state index contributed by atoms with van der Waals surface area (Å²) in [5.41, 5.74) is -3.31. The van der Waals surface area contributed by atoms with Crippen LogP contribution in [0.3, 0.4) is 0 Å². The minimum atomic E-state index is -4.92. The van der Waals surface area contributed by atoms with Crippen LogP contribution in [0.4, 0.5) is 13.2 Å². The van der Waals surface area contributed by atoms with Crippen molar-refractivity contribution in [3.8, 4) is 0 Å². The number of carbonyl (C=O) groups excluding carboxylic acids is 2. The van der Waals surface area contributed by atoms with E-state index < -0.39 is 17.6 Å². The minimum Gasteiger partial charge on any atom is -0.358 e. The Labute approximate surface area is 152 Å². The van der Waals surface area contributed by atoms with Crippen molar-refractivity contribution in [2.45, 2.75) is 45.4 Å². The average Bonchev–Trinajstić information content (AvgIpc) is 2.58. The lowest BCUT2D eigenvalue weighted by atomic mass is 9.87. The number of alkyl halides is 3. The van der Waals surface area contributed by atoms with E-state index in [9.17, 15) is 22.8 Å². The maximum Gasteiger partial charge on any atom is 0.429 e. The maximum atomic E-state index is 13.8. The van der Waals surface area contributed by atoms with E-state index in [1.165, 1.54) is 30.3 Å². The molecule has 2 atom stereocenters. The molecule has 1 rings (SSSR count). The Morgan fingerprint density at radius 3 is 2.15 bits per heavy atom. The average molecular weight is 370 g/mol. The zero-order chi connectivity index (χ0) is 20.0. The molecule has 0 aliphatic heterocycles. The first-order chi connectivity index (χ1) is 12.1. The SMILES string of the molecule is COC(C(=O)/C=C/[C@@H](C)CCC(=O)C(C)C)(c1ccccc1)C(F)(F)F. The lowest BCUT2D eigenvalue weighted by molar-refractivity contribution is -0.262. The van der Waals surface area contributed by atoms with E-state index in [2.05, 4.69) is 0 Å². The number of ether oxygens (including phenoxy) is 1. The molecule has 0 saturated carbocycles. The van der Waals surface area contributed by atoms with Crippen LogP contribution in [0.1, 0.15) is 39.2 Å². The first-order valence-corrected chi connectivity index (χ1v) is 8.49. The highest BCUT2D eigenvalue weighted by molar-refractivity contribution is 5.98. The number of Topliss-reactive ketones (excluding diaryl/α,β-unsaturated/α-hetero) is 1. The topological polar surface area (TPSA) is 43.4 Å². The summed E-state index contributed by atoms with van der Waals surface area (Å²) in [5, 5.41) is 0. The Hall–Kier alpha value is -1.95. The molecule has 0 fully saturated rings. The van der Waals surface area contributed by atoms with Crippen LogP contribution in [-0.4, -0.2) is 24.9 Å². The van der Waals surface area contributed by atoms with Gasteiger partial charge in [0.1, 0.15) is 5.78 Å². The van der Waals surface area contributed by atoms with Crippen molar-refractivity contribution >= 4 is 11.6 Å². The van der Waals surface area contributed by atoms with E-state index in [0.717, 1.165) is 13.2 Å². The molecule has 1 aromatic carbocycles. The van der Waals surface area contributed by atoms with Crippen molar-refractivity contribution in [3.05, 3.63) is 48.0 Å². The van der Waals surface area contributed by atoms with Gasteiger partial charge in [0.05, 0.1) is 0 Å². The summed E-state index contributed by atoms with van der Waals surface area (Å²) >= 11 is 0. The third-order valence-corrected chi connectivity index (χ3v) is 4.30. The number of hydrogen-bond donors (Lipinski definition) is 0. The quantitative estimate of drug-likeness (QED) is 0.583.